The lowest BCUT2D eigenvalue weighted by atomic mass is 10.0. The highest BCUT2D eigenvalue weighted by Gasteiger charge is 2.22. The van der Waals surface area contributed by atoms with Gasteiger partial charge in [0.2, 0.25) is 11.8 Å². The van der Waals surface area contributed by atoms with E-state index < -0.39 is 0 Å². The van der Waals surface area contributed by atoms with Crippen LogP contribution in [0.15, 0.2) is 30.3 Å². The minimum Gasteiger partial charge on any atom is -0.354 e. The van der Waals surface area contributed by atoms with E-state index in [0.717, 1.165) is 25.0 Å². The van der Waals surface area contributed by atoms with Crippen LogP contribution in [-0.2, 0) is 9.59 Å². The van der Waals surface area contributed by atoms with Gasteiger partial charge in [-0.15, -0.1) is 0 Å². The van der Waals surface area contributed by atoms with Gasteiger partial charge in [0.05, 0.1) is 5.75 Å². The summed E-state index contributed by atoms with van der Waals surface area (Å²) in [6.07, 6.45) is 2.70. The normalized spacial score (nSPS) is 19.9. The Morgan fingerprint density at radius 2 is 2.14 bits per heavy atom. The number of benzene rings is 1. The van der Waals surface area contributed by atoms with Crippen molar-refractivity contribution >= 4 is 23.6 Å². The molecule has 1 aliphatic heterocycles. The van der Waals surface area contributed by atoms with Gasteiger partial charge in [0.1, 0.15) is 6.04 Å². The molecule has 1 fully saturated rings. The van der Waals surface area contributed by atoms with Crippen molar-refractivity contribution in [2.45, 2.75) is 38.1 Å². The van der Waals surface area contributed by atoms with Crippen molar-refractivity contribution in [3.63, 3.8) is 0 Å². The monoisotopic (exact) mass is 320 g/mol. The molecule has 0 saturated carbocycles. The van der Waals surface area contributed by atoms with Crippen molar-refractivity contribution in [1.82, 2.24) is 10.6 Å². The largest absolute Gasteiger partial charge is 0.354 e. The van der Waals surface area contributed by atoms with E-state index in [-0.39, 0.29) is 17.9 Å². The maximum Gasteiger partial charge on any atom is 0.242 e. The minimum atomic E-state index is -0.359. The number of carbonyl (C=O) groups excluding carboxylic acids is 2. The first-order valence-corrected chi connectivity index (χ1v) is 9.02. The highest BCUT2D eigenvalue weighted by Crippen LogP contribution is 2.19. The lowest BCUT2D eigenvalue weighted by Crippen LogP contribution is -2.46. The van der Waals surface area contributed by atoms with Crippen LogP contribution in [0.3, 0.4) is 0 Å². The van der Waals surface area contributed by atoms with Crippen molar-refractivity contribution in [2.24, 2.45) is 0 Å². The zero-order chi connectivity index (χ0) is 15.8. The van der Waals surface area contributed by atoms with Crippen molar-refractivity contribution in [1.29, 1.82) is 0 Å². The molecule has 0 spiro atoms. The number of hydrogen-bond acceptors (Lipinski definition) is 3. The molecule has 22 heavy (non-hydrogen) atoms. The smallest absolute Gasteiger partial charge is 0.242 e. The number of thioether (sulfide) groups is 1. The van der Waals surface area contributed by atoms with Crippen LogP contribution < -0.4 is 10.6 Å². The van der Waals surface area contributed by atoms with Gasteiger partial charge in [-0.25, -0.2) is 0 Å². The molecule has 1 saturated heterocycles. The third-order valence-corrected chi connectivity index (χ3v) is 5.04. The van der Waals surface area contributed by atoms with E-state index in [1.165, 1.54) is 5.56 Å². The highest BCUT2D eigenvalue weighted by atomic mass is 32.2. The van der Waals surface area contributed by atoms with E-state index in [1.807, 2.05) is 18.2 Å². The van der Waals surface area contributed by atoms with Gasteiger partial charge in [-0.05, 0) is 30.7 Å². The van der Waals surface area contributed by atoms with Crippen LogP contribution in [0.2, 0.25) is 0 Å². The Morgan fingerprint density at radius 1 is 1.36 bits per heavy atom. The average molecular weight is 320 g/mol. The zero-order valence-electron chi connectivity index (χ0n) is 13.0. The Labute approximate surface area is 136 Å². The molecule has 2 rings (SSSR count). The summed E-state index contributed by atoms with van der Waals surface area (Å²) in [6, 6.07) is 9.95. The molecular formula is C17H24N2O2S. The molecule has 1 aromatic carbocycles. The Balaban J connectivity index is 1.70. The van der Waals surface area contributed by atoms with E-state index >= 15 is 0 Å². The minimum absolute atomic E-state index is 0.0477. The lowest BCUT2D eigenvalue weighted by Gasteiger charge is -2.16. The molecule has 120 valence electrons. The Kier molecular flexibility index (Phi) is 6.77. The van der Waals surface area contributed by atoms with Gasteiger partial charge in [-0.3, -0.25) is 9.59 Å². The second-order valence-electron chi connectivity index (χ2n) is 5.73. The Hall–Kier alpha value is -1.49. The molecule has 0 aliphatic carbocycles. The fourth-order valence-corrected chi connectivity index (χ4v) is 3.45. The predicted octanol–water partition coefficient (Wildman–Crippen LogP) is 2.31. The summed E-state index contributed by atoms with van der Waals surface area (Å²) in [5.41, 5.74) is 1.29. The third-order valence-electron chi connectivity index (χ3n) is 3.84. The van der Waals surface area contributed by atoms with Gasteiger partial charge >= 0.3 is 0 Å². The second kappa shape index (κ2) is 8.83. The number of rotatable bonds is 6. The fourth-order valence-electron chi connectivity index (χ4n) is 2.52. The summed E-state index contributed by atoms with van der Waals surface area (Å²) in [5, 5.41) is 5.69. The molecule has 4 nitrogen and oxygen atoms in total. The van der Waals surface area contributed by atoms with Gasteiger partial charge in [0.25, 0.3) is 0 Å². The molecule has 5 heteroatoms. The Morgan fingerprint density at radius 3 is 2.91 bits per heavy atom. The quantitative estimate of drug-likeness (QED) is 0.845. The van der Waals surface area contributed by atoms with Gasteiger partial charge < -0.3 is 10.6 Å². The summed E-state index contributed by atoms with van der Waals surface area (Å²) in [5.74, 6) is 1.62. The standard InChI is InChI=1S/C17H24N2O2S/c1-13(14-7-3-2-4-8-14)11-22-12-16(20)19-15-9-5-6-10-18-17(15)21/h2-4,7-8,13,15H,5-6,9-12H2,1H3,(H,18,21)(H,19,20). The molecule has 1 aliphatic rings. The van der Waals surface area contributed by atoms with Crippen molar-refractivity contribution < 1.29 is 9.59 Å². The van der Waals surface area contributed by atoms with E-state index in [2.05, 4.69) is 29.7 Å². The van der Waals surface area contributed by atoms with Crippen molar-refractivity contribution in [2.75, 3.05) is 18.1 Å². The highest BCUT2D eigenvalue weighted by molar-refractivity contribution is 7.99. The van der Waals surface area contributed by atoms with Crippen LogP contribution in [0.5, 0.6) is 0 Å². The molecule has 0 radical (unpaired) electrons. The maximum absolute atomic E-state index is 12.0. The van der Waals surface area contributed by atoms with E-state index in [1.54, 1.807) is 11.8 Å². The summed E-state index contributed by atoms with van der Waals surface area (Å²) in [6.45, 7) is 2.88. The van der Waals surface area contributed by atoms with E-state index in [9.17, 15) is 9.59 Å². The SMILES string of the molecule is CC(CSCC(=O)NC1CCCCNC1=O)c1ccccc1. The number of carbonyl (C=O) groups is 2. The first-order valence-electron chi connectivity index (χ1n) is 7.86. The third kappa shape index (κ3) is 5.37. The molecule has 1 aromatic rings. The summed E-state index contributed by atoms with van der Waals surface area (Å²) in [4.78, 5) is 23.8. The maximum atomic E-state index is 12.0. The number of amides is 2. The van der Waals surface area contributed by atoms with Crippen LogP contribution in [0.4, 0.5) is 0 Å². The van der Waals surface area contributed by atoms with Crippen LogP contribution in [0.25, 0.3) is 0 Å². The van der Waals surface area contributed by atoms with Gasteiger partial charge in [-0.2, -0.15) is 11.8 Å². The van der Waals surface area contributed by atoms with Crippen molar-refractivity contribution in [3.05, 3.63) is 35.9 Å². The van der Waals surface area contributed by atoms with E-state index in [0.29, 0.717) is 18.2 Å². The molecule has 2 unspecified atom stereocenters. The van der Waals surface area contributed by atoms with Crippen molar-refractivity contribution in [3.8, 4) is 0 Å². The second-order valence-corrected chi connectivity index (χ2v) is 6.76. The molecule has 0 aromatic heterocycles. The van der Waals surface area contributed by atoms with E-state index in [4.69, 9.17) is 0 Å². The predicted molar refractivity (Wildman–Crippen MR) is 91.0 cm³/mol. The van der Waals surface area contributed by atoms with Crippen LogP contribution in [0, 0.1) is 0 Å². The van der Waals surface area contributed by atoms with Crippen LogP contribution in [-0.4, -0.2) is 35.9 Å². The van der Waals surface area contributed by atoms with Gasteiger partial charge in [0, 0.05) is 12.3 Å². The molecule has 2 amide bonds. The number of nitrogens with one attached hydrogen (secondary N) is 2. The van der Waals surface area contributed by atoms with Gasteiger partial charge in [0.15, 0.2) is 0 Å². The molecular weight excluding hydrogens is 296 g/mol. The van der Waals surface area contributed by atoms with Crippen LogP contribution >= 0.6 is 11.8 Å². The molecule has 2 atom stereocenters. The lowest BCUT2D eigenvalue weighted by molar-refractivity contribution is -0.127. The van der Waals surface area contributed by atoms with Gasteiger partial charge in [-0.1, -0.05) is 37.3 Å². The fraction of sp³-hybridized carbons (Fsp3) is 0.529. The summed E-state index contributed by atoms with van der Waals surface area (Å²) >= 11 is 1.62. The Bertz CT molecular complexity index is 493. The van der Waals surface area contributed by atoms with Crippen LogP contribution in [0.1, 0.15) is 37.7 Å². The summed E-state index contributed by atoms with van der Waals surface area (Å²) in [7, 11) is 0. The number of hydrogen-bond donors (Lipinski definition) is 2. The molecule has 1 heterocycles. The zero-order valence-corrected chi connectivity index (χ0v) is 13.8. The summed E-state index contributed by atoms with van der Waals surface area (Å²) < 4.78 is 0. The molecule has 2 N–H and O–H groups in total. The average Bonchev–Trinajstić information content (AvgIpc) is 2.73. The molecule has 0 bridgehead atoms. The topological polar surface area (TPSA) is 58.2 Å². The first kappa shape index (κ1) is 16.9. The first-order chi connectivity index (χ1) is 10.7.